The van der Waals surface area contributed by atoms with E-state index in [1.807, 2.05) is 38.1 Å². The molecule has 32 heavy (non-hydrogen) atoms. The van der Waals surface area contributed by atoms with Crippen molar-refractivity contribution < 1.29 is 29.0 Å². The number of carboxylic acid groups (broad SMARTS) is 1. The SMILES string of the molecule is CC(C)C[C@@H](C(=O)O[C@H](Cc1ccc(C(C)(C)C)cc1)C(=O)O)N(C)C(=O)OC(C)(C)C. The van der Waals surface area contributed by atoms with Crippen molar-refractivity contribution in [3.63, 3.8) is 0 Å². The van der Waals surface area contributed by atoms with Crippen LogP contribution < -0.4 is 0 Å². The quantitative estimate of drug-likeness (QED) is 0.573. The summed E-state index contributed by atoms with van der Waals surface area (Å²) in [6.07, 6.45) is -1.66. The molecule has 0 saturated heterocycles. The molecule has 0 aliphatic heterocycles. The van der Waals surface area contributed by atoms with Gasteiger partial charge >= 0.3 is 18.0 Å². The van der Waals surface area contributed by atoms with Crippen LogP contribution in [0.2, 0.25) is 0 Å². The second-order valence-corrected chi connectivity index (χ2v) is 10.7. The number of nitrogens with zero attached hydrogens (tertiary/aromatic N) is 1. The highest BCUT2D eigenvalue weighted by Crippen LogP contribution is 2.23. The van der Waals surface area contributed by atoms with Gasteiger partial charge in [0.05, 0.1) is 0 Å². The van der Waals surface area contributed by atoms with Crippen LogP contribution in [0.15, 0.2) is 24.3 Å². The van der Waals surface area contributed by atoms with Gasteiger partial charge in [-0.15, -0.1) is 0 Å². The summed E-state index contributed by atoms with van der Waals surface area (Å²) in [7, 11) is 1.46. The maximum absolute atomic E-state index is 12.9. The lowest BCUT2D eigenvalue weighted by atomic mass is 9.86. The summed E-state index contributed by atoms with van der Waals surface area (Å²) < 4.78 is 10.8. The minimum atomic E-state index is -1.36. The number of ether oxygens (including phenoxy) is 2. The van der Waals surface area contributed by atoms with Crippen molar-refractivity contribution in [2.24, 2.45) is 5.92 Å². The topological polar surface area (TPSA) is 93.1 Å². The van der Waals surface area contributed by atoms with Gasteiger partial charge in [0, 0.05) is 13.5 Å². The Kier molecular flexibility index (Phi) is 9.30. The number of esters is 1. The fourth-order valence-electron chi connectivity index (χ4n) is 3.07. The van der Waals surface area contributed by atoms with Crippen molar-refractivity contribution in [2.45, 2.75) is 91.4 Å². The first-order valence-corrected chi connectivity index (χ1v) is 11.0. The standard InChI is InChI=1S/C25H39NO6/c1-16(2)14-19(26(9)23(30)32-25(6,7)8)22(29)31-20(21(27)28)15-17-10-12-18(13-11-17)24(3,4)5/h10-13,16,19-20H,14-15H2,1-9H3,(H,27,28)/t19-,20+/m0/s1. The Morgan fingerprint density at radius 1 is 1.00 bits per heavy atom. The van der Waals surface area contributed by atoms with Gasteiger partial charge in [-0.1, -0.05) is 58.9 Å². The van der Waals surface area contributed by atoms with Crippen molar-refractivity contribution in [2.75, 3.05) is 7.05 Å². The molecule has 0 aliphatic rings. The van der Waals surface area contributed by atoms with E-state index in [0.29, 0.717) is 6.42 Å². The van der Waals surface area contributed by atoms with Crippen molar-refractivity contribution in [3.8, 4) is 0 Å². The fraction of sp³-hybridized carbons (Fsp3) is 0.640. The predicted molar refractivity (Wildman–Crippen MR) is 124 cm³/mol. The zero-order valence-corrected chi connectivity index (χ0v) is 20.9. The molecule has 1 aromatic rings. The first-order valence-electron chi connectivity index (χ1n) is 11.0. The maximum Gasteiger partial charge on any atom is 0.410 e. The lowest BCUT2D eigenvalue weighted by Crippen LogP contribution is -2.47. The Hall–Kier alpha value is -2.57. The normalized spacial score (nSPS) is 13.9. The smallest absolute Gasteiger partial charge is 0.410 e. The molecule has 1 amide bonds. The molecule has 0 spiro atoms. The molecular weight excluding hydrogens is 410 g/mol. The molecule has 180 valence electrons. The largest absolute Gasteiger partial charge is 0.478 e. The van der Waals surface area contributed by atoms with E-state index in [2.05, 4.69) is 20.8 Å². The fourth-order valence-corrected chi connectivity index (χ4v) is 3.07. The van der Waals surface area contributed by atoms with Crippen LogP contribution in [0.25, 0.3) is 0 Å². The first kappa shape index (κ1) is 27.5. The molecule has 0 aliphatic carbocycles. The number of likely N-dealkylation sites (N-methyl/N-ethyl adjacent to an activating group) is 1. The zero-order chi connectivity index (χ0) is 24.9. The molecule has 1 aromatic carbocycles. The van der Waals surface area contributed by atoms with Gasteiger partial charge in [-0.05, 0) is 49.7 Å². The molecular formula is C25H39NO6. The van der Waals surface area contributed by atoms with Crippen LogP contribution in [0.1, 0.15) is 72.9 Å². The second kappa shape index (κ2) is 10.8. The molecule has 2 atom stereocenters. The molecule has 0 heterocycles. The minimum Gasteiger partial charge on any atom is -0.478 e. The van der Waals surface area contributed by atoms with E-state index in [4.69, 9.17) is 9.47 Å². The highest BCUT2D eigenvalue weighted by molar-refractivity contribution is 5.84. The molecule has 0 fully saturated rings. The monoisotopic (exact) mass is 449 g/mol. The molecule has 1 rings (SSSR count). The second-order valence-electron chi connectivity index (χ2n) is 10.7. The molecule has 0 unspecified atom stereocenters. The third-order valence-electron chi connectivity index (χ3n) is 4.89. The number of carbonyl (C=O) groups excluding carboxylic acids is 2. The van der Waals surface area contributed by atoms with E-state index in [-0.39, 0.29) is 17.8 Å². The maximum atomic E-state index is 12.9. The predicted octanol–water partition coefficient (Wildman–Crippen LogP) is 4.80. The van der Waals surface area contributed by atoms with E-state index in [1.54, 1.807) is 20.8 Å². The van der Waals surface area contributed by atoms with Gasteiger partial charge in [0.2, 0.25) is 6.10 Å². The van der Waals surface area contributed by atoms with Crippen LogP contribution in [0.5, 0.6) is 0 Å². The average Bonchev–Trinajstić information content (AvgIpc) is 2.63. The number of amides is 1. The summed E-state index contributed by atoms with van der Waals surface area (Å²) in [5.41, 5.74) is 1.13. The summed E-state index contributed by atoms with van der Waals surface area (Å²) in [6, 6.07) is 6.66. The van der Waals surface area contributed by atoms with Crippen molar-refractivity contribution in [3.05, 3.63) is 35.4 Å². The number of benzene rings is 1. The Morgan fingerprint density at radius 3 is 1.94 bits per heavy atom. The van der Waals surface area contributed by atoms with E-state index >= 15 is 0 Å². The molecule has 0 radical (unpaired) electrons. The van der Waals surface area contributed by atoms with Crippen LogP contribution >= 0.6 is 0 Å². The minimum absolute atomic E-state index is 0.0203. The van der Waals surface area contributed by atoms with Gasteiger partial charge in [0.1, 0.15) is 11.6 Å². The summed E-state index contributed by atoms with van der Waals surface area (Å²) in [6.45, 7) is 15.3. The van der Waals surface area contributed by atoms with Gasteiger partial charge in [-0.25, -0.2) is 14.4 Å². The lowest BCUT2D eigenvalue weighted by Gasteiger charge is -2.31. The molecule has 7 heteroatoms. The Morgan fingerprint density at radius 2 is 1.53 bits per heavy atom. The summed E-state index contributed by atoms with van der Waals surface area (Å²) in [5, 5.41) is 9.65. The van der Waals surface area contributed by atoms with Gasteiger partial charge in [0.15, 0.2) is 0 Å². The molecule has 0 saturated carbocycles. The lowest BCUT2D eigenvalue weighted by molar-refractivity contribution is -0.167. The number of aliphatic carboxylic acids is 1. The van der Waals surface area contributed by atoms with E-state index < -0.39 is 35.8 Å². The number of rotatable bonds is 8. The number of hydrogen-bond donors (Lipinski definition) is 1. The van der Waals surface area contributed by atoms with Gasteiger partial charge < -0.3 is 14.6 Å². The third kappa shape index (κ3) is 8.89. The van der Waals surface area contributed by atoms with Crippen LogP contribution in [0.3, 0.4) is 0 Å². The third-order valence-corrected chi connectivity index (χ3v) is 4.89. The van der Waals surface area contributed by atoms with Crippen molar-refractivity contribution in [1.29, 1.82) is 0 Å². The van der Waals surface area contributed by atoms with Gasteiger partial charge in [-0.2, -0.15) is 0 Å². The summed E-state index contributed by atoms with van der Waals surface area (Å²) >= 11 is 0. The van der Waals surface area contributed by atoms with Crippen molar-refractivity contribution in [1.82, 2.24) is 4.90 Å². The van der Waals surface area contributed by atoms with Gasteiger partial charge in [0.25, 0.3) is 0 Å². The number of carboxylic acids is 1. The van der Waals surface area contributed by atoms with E-state index in [9.17, 15) is 19.5 Å². The Balaban J connectivity index is 3.00. The zero-order valence-electron chi connectivity index (χ0n) is 20.9. The first-order chi connectivity index (χ1) is 14.5. The van der Waals surface area contributed by atoms with Crippen LogP contribution in [-0.2, 0) is 30.9 Å². The molecule has 0 aromatic heterocycles. The molecule has 7 nitrogen and oxygen atoms in total. The van der Waals surface area contributed by atoms with Crippen LogP contribution in [0, 0.1) is 5.92 Å². The van der Waals surface area contributed by atoms with E-state index in [0.717, 1.165) is 11.1 Å². The molecule has 1 N–H and O–H groups in total. The highest BCUT2D eigenvalue weighted by atomic mass is 16.6. The Bertz CT molecular complexity index is 786. The average molecular weight is 450 g/mol. The van der Waals surface area contributed by atoms with Crippen LogP contribution in [-0.4, -0.2) is 52.8 Å². The summed E-state index contributed by atoms with van der Waals surface area (Å²) in [4.78, 5) is 38.4. The highest BCUT2D eigenvalue weighted by Gasteiger charge is 2.34. The number of hydrogen-bond acceptors (Lipinski definition) is 5. The molecule has 0 bridgehead atoms. The Labute approximate surface area is 192 Å². The van der Waals surface area contributed by atoms with Gasteiger partial charge in [-0.3, -0.25) is 4.90 Å². The number of carbonyl (C=O) groups is 3. The summed E-state index contributed by atoms with van der Waals surface area (Å²) in [5.74, 6) is -1.92. The van der Waals surface area contributed by atoms with Crippen molar-refractivity contribution >= 4 is 18.0 Å². The van der Waals surface area contributed by atoms with E-state index in [1.165, 1.54) is 11.9 Å². The van der Waals surface area contributed by atoms with Crippen LogP contribution in [0.4, 0.5) is 4.79 Å².